The molecule has 10 heteroatoms. The lowest BCUT2D eigenvalue weighted by molar-refractivity contribution is 0.0918. The van der Waals surface area contributed by atoms with Gasteiger partial charge in [-0.3, -0.25) is 4.79 Å². The van der Waals surface area contributed by atoms with Gasteiger partial charge in [-0.05, 0) is 35.9 Å². The van der Waals surface area contributed by atoms with E-state index >= 15 is 0 Å². The van der Waals surface area contributed by atoms with E-state index in [1.807, 2.05) is 0 Å². The number of aryl methyl sites for hydroxylation is 1. The van der Waals surface area contributed by atoms with Gasteiger partial charge in [0.05, 0.1) is 16.4 Å². The molecule has 0 aliphatic carbocycles. The molecule has 0 bridgehead atoms. The fourth-order valence-corrected chi connectivity index (χ4v) is 5.55. The number of sulfonamides is 1. The van der Waals surface area contributed by atoms with Crippen molar-refractivity contribution in [2.75, 3.05) is 13.1 Å². The molecule has 0 radical (unpaired) electrons. The molecule has 0 N–H and O–H groups in total. The lowest BCUT2D eigenvalue weighted by atomic mass is 9.84. The summed E-state index contributed by atoms with van der Waals surface area (Å²) >= 11 is 12.0. The highest BCUT2D eigenvalue weighted by Crippen LogP contribution is 2.38. The number of carbonyl (C=O) groups is 1. The van der Waals surface area contributed by atoms with Crippen LogP contribution in [0.3, 0.4) is 0 Å². The monoisotopic (exact) mass is 481 g/mol. The number of carbonyl (C=O) groups excluding carboxylic acids is 1. The first kappa shape index (κ1) is 22.0. The summed E-state index contributed by atoms with van der Waals surface area (Å²) in [6.45, 7) is 0.0439. The minimum Gasteiger partial charge on any atom is -0.339 e. The Kier molecular flexibility index (Phi) is 5.91. The number of aromatic nitrogens is 2. The summed E-state index contributed by atoms with van der Waals surface area (Å²) in [5.41, 5.74) is 1.02. The third kappa shape index (κ3) is 4.25. The molecule has 4 rings (SSSR count). The Balaban J connectivity index is 1.72. The van der Waals surface area contributed by atoms with E-state index in [2.05, 4.69) is 4.98 Å². The van der Waals surface area contributed by atoms with Gasteiger partial charge in [-0.15, -0.1) is 0 Å². The fraction of sp³-hybridized carbons (Fsp3) is 0.238. The van der Waals surface area contributed by atoms with Gasteiger partial charge in [-0.1, -0.05) is 35.3 Å². The molecule has 2 aromatic carbocycles. The predicted molar refractivity (Wildman–Crippen MR) is 115 cm³/mol. The van der Waals surface area contributed by atoms with Crippen LogP contribution in [0.25, 0.3) is 0 Å². The van der Waals surface area contributed by atoms with E-state index < -0.39 is 27.7 Å². The maximum Gasteiger partial charge on any atom is 0.262 e. The van der Waals surface area contributed by atoms with E-state index in [1.54, 1.807) is 29.8 Å². The average Bonchev–Trinajstić information content (AvgIpc) is 3.38. The summed E-state index contributed by atoms with van der Waals surface area (Å²) in [6.07, 6.45) is 2.81. The van der Waals surface area contributed by atoms with E-state index in [1.165, 1.54) is 41.1 Å². The molecule has 0 saturated carbocycles. The Morgan fingerprint density at radius 1 is 1.10 bits per heavy atom. The number of ketones is 1. The van der Waals surface area contributed by atoms with Gasteiger partial charge in [0, 0.05) is 43.7 Å². The number of hydrogen-bond donors (Lipinski definition) is 0. The molecule has 1 aliphatic heterocycles. The Labute approximate surface area is 189 Å². The number of hydrogen-bond acceptors (Lipinski definition) is 4. The van der Waals surface area contributed by atoms with Gasteiger partial charge in [-0.25, -0.2) is 17.8 Å². The summed E-state index contributed by atoms with van der Waals surface area (Å²) in [6, 6.07) is 10.3. The van der Waals surface area contributed by atoms with E-state index in [4.69, 9.17) is 23.2 Å². The summed E-state index contributed by atoms with van der Waals surface area (Å²) in [5.74, 6) is -1.80. The SMILES string of the molecule is Cn1cnc(S(=O)(=O)N2CC(C(=O)c3ccc(Cl)c(Cl)c3)C(c3ccc(F)cc3)C2)c1. The van der Waals surface area contributed by atoms with Crippen molar-refractivity contribution in [3.63, 3.8) is 0 Å². The number of rotatable bonds is 5. The molecule has 2 unspecified atom stereocenters. The van der Waals surface area contributed by atoms with Crippen molar-refractivity contribution in [1.29, 1.82) is 0 Å². The Hall–Kier alpha value is -2.26. The lowest BCUT2D eigenvalue weighted by Gasteiger charge is -2.18. The molecule has 0 spiro atoms. The van der Waals surface area contributed by atoms with Crippen LogP contribution >= 0.6 is 23.2 Å². The average molecular weight is 482 g/mol. The topological polar surface area (TPSA) is 72.3 Å². The van der Waals surface area contributed by atoms with E-state index in [0.29, 0.717) is 16.1 Å². The quantitative estimate of drug-likeness (QED) is 0.513. The zero-order valence-electron chi connectivity index (χ0n) is 16.4. The zero-order valence-corrected chi connectivity index (χ0v) is 18.7. The number of benzene rings is 2. The van der Waals surface area contributed by atoms with E-state index in [9.17, 15) is 17.6 Å². The van der Waals surface area contributed by atoms with Crippen LogP contribution in [-0.2, 0) is 17.1 Å². The molecule has 1 aliphatic rings. The van der Waals surface area contributed by atoms with Crippen molar-refractivity contribution in [3.8, 4) is 0 Å². The molecule has 1 fully saturated rings. The van der Waals surface area contributed by atoms with Gasteiger partial charge >= 0.3 is 0 Å². The van der Waals surface area contributed by atoms with Gasteiger partial charge in [0.15, 0.2) is 10.8 Å². The van der Waals surface area contributed by atoms with E-state index in [-0.39, 0.29) is 28.9 Å². The molecule has 3 aromatic rings. The largest absolute Gasteiger partial charge is 0.339 e. The van der Waals surface area contributed by atoms with Gasteiger partial charge < -0.3 is 4.57 Å². The van der Waals surface area contributed by atoms with Crippen LogP contribution in [0.5, 0.6) is 0 Å². The predicted octanol–water partition coefficient (Wildman–Crippen LogP) is 4.15. The van der Waals surface area contributed by atoms with Crippen molar-refractivity contribution < 1.29 is 17.6 Å². The summed E-state index contributed by atoms with van der Waals surface area (Å²) < 4.78 is 42.5. The summed E-state index contributed by atoms with van der Waals surface area (Å²) in [5, 5.41) is 0.469. The van der Waals surface area contributed by atoms with Crippen molar-refractivity contribution in [2.24, 2.45) is 13.0 Å². The highest BCUT2D eigenvalue weighted by Gasteiger charge is 2.44. The zero-order chi connectivity index (χ0) is 22.3. The van der Waals surface area contributed by atoms with Gasteiger partial charge in [-0.2, -0.15) is 4.31 Å². The van der Waals surface area contributed by atoms with Gasteiger partial charge in [0.1, 0.15) is 5.82 Å². The minimum atomic E-state index is -3.90. The third-order valence-corrected chi connectivity index (χ3v) is 7.87. The molecular weight excluding hydrogens is 464 g/mol. The Morgan fingerprint density at radius 2 is 1.81 bits per heavy atom. The van der Waals surface area contributed by atoms with Crippen molar-refractivity contribution in [1.82, 2.24) is 13.9 Å². The Morgan fingerprint density at radius 3 is 2.42 bits per heavy atom. The fourth-order valence-electron chi connectivity index (χ4n) is 3.80. The smallest absolute Gasteiger partial charge is 0.262 e. The van der Waals surface area contributed by atoms with Gasteiger partial charge in [0.25, 0.3) is 10.0 Å². The van der Waals surface area contributed by atoms with Crippen molar-refractivity contribution in [3.05, 3.63) is 82.0 Å². The second-order valence-electron chi connectivity index (χ2n) is 7.46. The standard InChI is InChI=1S/C21H18Cl2FN3O3S/c1-26-11-20(25-12-26)31(29,30)27-9-16(13-2-5-15(24)6-3-13)17(10-27)21(28)14-4-7-18(22)19(23)8-14/h2-8,11-12,16-17H,9-10H2,1H3. The van der Waals surface area contributed by atoms with Crippen LogP contribution in [-0.4, -0.2) is 41.1 Å². The lowest BCUT2D eigenvalue weighted by Crippen LogP contribution is -2.30. The summed E-state index contributed by atoms with van der Waals surface area (Å²) in [4.78, 5) is 17.3. The molecule has 1 aromatic heterocycles. The highest BCUT2D eigenvalue weighted by atomic mass is 35.5. The first-order chi connectivity index (χ1) is 14.7. The minimum absolute atomic E-state index is 0.0277. The number of imidazole rings is 1. The number of Topliss-reactive ketones (excluding diaryl/α,β-unsaturated/α-hetero) is 1. The third-order valence-electron chi connectivity index (χ3n) is 5.41. The molecule has 31 heavy (non-hydrogen) atoms. The van der Waals surface area contributed by atoms with Crippen LogP contribution < -0.4 is 0 Å². The van der Waals surface area contributed by atoms with Crippen molar-refractivity contribution >= 4 is 39.0 Å². The number of halogens is 3. The number of nitrogens with zero attached hydrogens (tertiary/aromatic N) is 3. The molecular formula is C21H18Cl2FN3O3S. The second-order valence-corrected chi connectivity index (χ2v) is 10.2. The normalized spacial score (nSPS) is 19.6. The molecule has 1 saturated heterocycles. The van der Waals surface area contributed by atoms with Gasteiger partial charge in [0.2, 0.25) is 0 Å². The first-order valence-electron chi connectivity index (χ1n) is 9.39. The van der Waals surface area contributed by atoms with Crippen molar-refractivity contribution in [2.45, 2.75) is 10.9 Å². The Bertz CT molecular complexity index is 1250. The van der Waals surface area contributed by atoms with Crippen LogP contribution in [0.1, 0.15) is 21.8 Å². The van der Waals surface area contributed by atoms with Crippen LogP contribution in [0.4, 0.5) is 4.39 Å². The molecule has 2 atom stereocenters. The summed E-state index contributed by atoms with van der Waals surface area (Å²) in [7, 11) is -2.23. The molecule has 6 nitrogen and oxygen atoms in total. The molecule has 0 amide bonds. The maximum absolute atomic E-state index is 13.5. The highest BCUT2D eigenvalue weighted by molar-refractivity contribution is 7.89. The molecule has 2 heterocycles. The van der Waals surface area contributed by atoms with Crippen LogP contribution in [0.15, 0.2) is 60.0 Å². The maximum atomic E-state index is 13.5. The first-order valence-corrected chi connectivity index (χ1v) is 11.6. The molecule has 162 valence electrons. The van der Waals surface area contributed by atoms with E-state index in [0.717, 1.165) is 0 Å². The second kappa shape index (κ2) is 8.35. The van der Waals surface area contributed by atoms with Crippen LogP contribution in [0.2, 0.25) is 10.0 Å². The van der Waals surface area contributed by atoms with Crippen LogP contribution in [0, 0.1) is 11.7 Å².